The summed E-state index contributed by atoms with van der Waals surface area (Å²) in [5.74, 6) is 0.176. The molecule has 82 valence electrons. The third-order valence-electron chi connectivity index (χ3n) is 1.67. The summed E-state index contributed by atoms with van der Waals surface area (Å²) in [6, 6.07) is 0.813. The van der Waals surface area contributed by atoms with Crippen molar-refractivity contribution in [2.24, 2.45) is 0 Å². The van der Waals surface area contributed by atoms with Gasteiger partial charge in [-0.25, -0.2) is 4.98 Å². The van der Waals surface area contributed by atoms with Crippen LogP contribution in [-0.2, 0) is 11.0 Å². The highest BCUT2D eigenvalue weighted by Gasteiger charge is 2.31. The van der Waals surface area contributed by atoms with E-state index < -0.39 is 11.7 Å². The quantitative estimate of drug-likeness (QED) is 0.761. The summed E-state index contributed by atoms with van der Waals surface area (Å²) in [5.41, 5.74) is -0.923. The molecule has 1 rings (SSSR count). The van der Waals surface area contributed by atoms with Crippen LogP contribution in [0.5, 0.6) is 0 Å². The highest BCUT2D eigenvalue weighted by atomic mass is 19.4. The van der Waals surface area contributed by atoms with E-state index in [0.29, 0.717) is 6.20 Å². The van der Waals surface area contributed by atoms with Crippen molar-refractivity contribution in [2.75, 3.05) is 17.7 Å². The molecule has 0 spiro atoms. The number of alkyl halides is 3. The average molecular weight is 219 g/mol. The van der Waals surface area contributed by atoms with Crippen LogP contribution in [0.3, 0.4) is 0 Å². The van der Waals surface area contributed by atoms with E-state index in [1.54, 1.807) is 0 Å². The molecule has 1 amide bonds. The van der Waals surface area contributed by atoms with Crippen LogP contribution >= 0.6 is 0 Å². The molecule has 0 saturated carbocycles. The van der Waals surface area contributed by atoms with Gasteiger partial charge in [-0.05, 0) is 6.07 Å². The molecule has 0 aliphatic carbocycles. The van der Waals surface area contributed by atoms with E-state index >= 15 is 0 Å². The Labute approximate surface area is 83.5 Å². The molecule has 4 nitrogen and oxygen atoms in total. The van der Waals surface area contributed by atoms with Gasteiger partial charge in [-0.2, -0.15) is 13.2 Å². The number of hydrogen-bond acceptors (Lipinski definition) is 3. The molecule has 2 N–H and O–H groups in total. The van der Waals surface area contributed by atoms with Gasteiger partial charge in [-0.1, -0.05) is 0 Å². The first-order valence-corrected chi connectivity index (χ1v) is 3.94. The maximum atomic E-state index is 12.3. The van der Waals surface area contributed by atoms with Gasteiger partial charge in [0, 0.05) is 13.2 Å². The fourth-order valence-electron chi connectivity index (χ4n) is 0.993. The van der Waals surface area contributed by atoms with E-state index in [0.717, 1.165) is 6.07 Å². The first-order chi connectivity index (χ1) is 6.99. The first-order valence-electron chi connectivity index (χ1n) is 3.94. The van der Waals surface area contributed by atoms with Gasteiger partial charge >= 0.3 is 6.18 Å². The maximum Gasteiger partial charge on any atom is 0.417 e. The SMILES string of the molecule is CNc1ncc(C(F)(F)F)cc1NC=O. The molecule has 0 aliphatic rings. The number of nitrogens with one attached hydrogen (secondary N) is 2. The lowest BCUT2D eigenvalue weighted by atomic mass is 10.2. The molecule has 0 unspecified atom stereocenters. The van der Waals surface area contributed by atoms with Gasteiger partial charge in [0.25, 0.3) is 0 Å². The number of rotatable bonds is 3. The lowest BCUT2D eigenvalue weighted by molar-refractivity contribution is -0.137. The molecule has 0 atom stereocenters. The molecular weight excluding hydrogens is 211 g/mol. The molecule has 0 aromatic carbocycles. The van der Waals surface area contributed by atoms with E-state index in [2.05, 4.69) is 15.6 Å². The van der Waals surface area contributed by atoms with Crippen LogP contribution < -0.4 is 10.6 Å². The van der Waals surface area contributed by atoms with Gasteiger partial charge in [0.1, 0.15) is 5.82 Å². The van der Waals surface area contributed by atoms with Gasteiger partial charge in [0.05, 0.1) is 11.3 Å². The summed E-state index contributed by atoms with van der Waals surface area (Å²) in [4.78, 5) is 13.7. The Morgan fingerprint density at radius 2 is 2.13 bits per heavy atom. The van der Waals surface area contributed by atoms with Gasteiger partial charge in [0.2, 0.25) is 6.41 Å². The van der Waals surface area contributed by atoms with Crippen molar-refractivity contribution >= 4 is 17.9 Å². The van der Waals surface area contributed by atoms with Crippen LogP contribution in [0.25, 0.3) is 0 Å². The number of carbonyl (C=O) groups is 1. The summed E-state index contributed by atoms with van der Waals surface area (Å²) in [5, 5.41) is 4.69. The van der Waals surface area contributed by atoms with Crippen molar-refractivity contribution in [3.05, 3.63) is 17.8 Å². The first kappa shape index (κ1) is 11.3. The van der Waals surface area contributed by atoms with Crippen LogP contribution in [0.15, 0.2) is 12.3 Å². The van der Waals surface area contributed by atoms with Gasteiger partial charge in [-0.15, -0.1) is 0 Å². The van der Waals surface area contributed by atoms with Crippen LogP contribution in [0, 0.1) is 0 Å². The fraction of sp³-hybridized carbons (Fsp3) is 0.250. The second-order valence-corrected chi connectivity index (χ2v) is 2.63. The summed E-state index contributed by atoms with van der Waals surface area (Å²) in [6.07, 6.45) is -3.49. The fourth-order valence-corrected chi connectivity index (χ4v) is 0.993. The zero-order valence-corrected chi connectivity index (χ0v) is 7.72. The maximum absolute atomic E-state index is 12.3. The Kier molecular flexibility index (Phi) is 3.13. The smallest absolute Gasteiger partial charge is 0.371 e. The Morgan fingerprint density at radius 3 is 2.60 bits per heavy atom. The Balaban J connectivity index is 3.15. The Morgan fingerprint density at radius 1 is 1.47 bits per heavy atom. The van der Waals surface area contributed by atoms with E-state index in [9.17, 15) is 18.0 Å². The zero-order valence-electron chi connectivity index (χ0n) is 7.72. The lowest BCUT2D eigenvalue weighted by Crippen LogP contribution is -2.09. The lowest BCUT2D eigenvalue weighted by Gasteiger charge is -2.11. The number of pyridine rings is 1. The number of nitrogens with zero attached hydrogens (tertiary/aromatic N) is 1. The number of halogens is 3. The van der Waals surface area contributed by atoms with Crippen molar-refractivity contribution in [1.82, 2.24) is 4.98 Å². The summed E-state index contributed by atoms with van der Waals surface area (Å²) in [6.45, 7) is 0. The van der Waals surface area contributed by atoms with Crippen LogP contribution in [0.1, 0.15) is 5.56 Å². The highest BCUT2D eigenvalue weighted by molar-refractivity contribution is 5.79. The minimum absolute atomic E-state index is 0.0117. The summed E-state index contributed by atoms with van der Waals surface area (Å²) < 4.78 is 36.8. The molecule has 0 aliphatic heterocycles. The summed E-state index contributed by atoms with van der Waals surface area (Å²) >= 11 is 0. The second-order valence-electron chi connectivity index (χ2n) is 2.63. The van der Waals surface area contributed by atoms with E-state index in [4.69, 9.17) is 0 Å². The van der Waals surface area contributed by atoms with Crippen molar-refractivity contribution in [3.63, 3.8) is 0 Å². The number of hydrogen-bond donors (Lipinski definition) is 2. The van der Waals surface area contributed by atoms with Gasteiger partial charge < -0.3 is 10.6 Å². The normalized spacial score (nSPS) is 10.9. The highest BCUT2D eigenvalue weighted by Crippen LogP contribution is 2.32. The monoisotopic (exact) mass is 219 g/mol. The van der Waals surface area contributed by atoms with Crippen molar-refractivity contribution in [1.29, 1.82) is 0 Å². The molecule has 1 aromatic rings. The Hall–Kier alpha value is -1.79. The molecule has 0 saturated heterocycles. The zero-order chi connectivity index (χ0) is 11.5. The number of carbonyl (C=O) groups excluding carboxylic acids is 1. The summed E-state index contributed by atoms with van der Waals surface area (Å²) in [7, 11) is 1.49. The average Bonchev–Trinajstić information content (AvgIpc) is 2.17. The molecule has 0 bridgehead atoms. The predicted octanol–water partition coefficient (Wildman–Crippen LogP) is 1.71. The largest absolute Gasteiger partial charge is 0.417 e. The third kappa shape index (κ3) is 2.58. The molecule has 0 radical (unpaired) electrons. The standard InChI is InChI=1S/C8H8F3N3O/c1-12-7-6(14-4-15)2-5(3-13-7)8(9,10)11/h2-4H,1H3,(H,12,13)(H,14,15). The topological polar surface area (TPSA) is 54.0 Å². The molecule has 7 heteroatoms. The van der Waals surface area contributed by atoms with Crippen molar-refractivity contribution in [2.45, 2.75) is 6.18 Å². The number of anilines is 2. The third-order valence-corrected chi connectivity index (χ3v) is 1.67. The Bertz CT molecular complexity index is 365. The second kappa shape index (κ2) is 4.16. The molecule has 15 heavy (non-hydrogen) atoms. The van der Waals surface area contributed by atoms with E-state index in [1.807, 2.05) is 0 Å². The van der Waals surface area contributed by atoms with Crippen LogP contribution in [0.2, 0.25) is 0 Å². The number of aromatic nitrogens is 1. The minimum atomic E-state index is -4.47. The van der Waals surface area contributed by atoms with Gasteiger partial charge in [0.15, 0.2) is 0 Å². The van der Waals surface area contributed by atoms with E-state index in [-0.39, 0.29) is 17.9 Å². The minimum Gasteiger partial charge on any atom is -0.371 e. The molecule has 1 heterocycles. The molecular formula is C8H8F3N3O. The number of amides is 1. The van der Waals surface area contributed by atoms with Crippen molar-refractivity contribution < 1.29 is 18.0 Å². The van der Waals surface area contributed by atoms with Gasteiger partial charge in [-0.3, -0.25) is 4.79 Å². The molecule has 0 fully saturated rings. The van der Waals surface area contributed by atoms with Crippen LogP contribution in [-0.4, -0.2) is 18.4 Å². The predicted molar refractivity (Wildman–Crippen MR) is 48.5 cm³/mol. The molecule has 1 aromatic heterocycles. The van der Waals surface area contributed by atoms with E-state index in [1.165, 1.54) is 7.05 Å². The van der Waals surface area contributed by atoms with Crippen LogP contribution in [0.4, 0.5) is 24.7 Å². The van der Waals surface area contributed by atoms with Crippen molar-refractivity contribution in [3.8, 4) is 0 Å².